The number of halogens is 4. The van der Waals surface area contributed by atoms with Crippen LogP contribution in [0, 0.1) is 5.92 Å². The normalized spacial score (nSPS) is 15.6. The van der Waals surface area contributed by atoms with Gasteiger partial charge in [0.25, 0.3) is 0 Å². The van der Waals surface area contributed by atoms with E-state index in [1.54, 1.807) is 0 Å². The maximum atomic E-state index is 12.6. The molecule has 98 valence electrons. The highest BCUT2D eigenvalue weighted by Crippen LogP contribution is 2.37. The summed E-state index contributed by atoms with van der Waals surface area (Å²) in [7, 11) is 1.45. The lowest BCUT2D eigenvalue weighted by Gasteiger charge is -2.20. The Labute approximate surface area is 107 Å². The third-order valence-electron chi connectivity index (χ3n) is 2.89. The maximum absolute atomic E-state index is 12.6. The van der Waals surface area contributed by atoms with E-state index in [2.05, 4.69) is 0 Å². The van der Waals surface area contributed by atoms with Gasteiger partial charge in [0.2, 0.25) is 5.91 Å². The highest BCUT2D eigenvalue weighted by Gasteiger charge is 2.35. The zero-order valence-electron chi connectivity index (χ0n) is 9.59. The molecule has 0 spiro atoms. The number of carbonyl (C=O) groups is 1. The van der Waals surface area contributed by atoms with Crippen molar-refractivity contribution in [3.63, 3.8) is 0 Å². The van der Waals surface area contributed by atoms with Crippen LogP contribution in [0.25, 0.3) is 0 Å². The fourth-order valence-electron chi connectivity index (χ4n) is 1.67. The lowest BCUT2D eigenvalue weighted by Crippen LogP contribution is -2.28. The molecule has 0 radical (unpaired) electrons. The van der Waals surface area contributed by atoms with E-state index in [1.807, 2.05) is 0 Å². The molecular formula is C12H11ClF3NO. The van der Waals surface area contributed by atoms with Crippen LogP contribution in [0.2, 0.25) is 5.02 Å². The molecule has 2 rings (SSSR count). The molecule has 0 saturated heterocycles. The molecule has 1 aliphatic carbocycles. The van der Waals surface area contributed by atoms with Crippen molar-refractivity contribution in [3.05, 3.63) is 28.8 Å². The van der Waals surface area contributed by atoms with Crippen molar-refractivity contribution in [3.8, 4) is 0 Å². The fraction of sp³-hybridized carbons (Fsp3) is 0.417. The predicted molar refractivity (Wildman–Crippen MR) is 62.6 cm³/mol. The predicted octanol–water partition coefficient (Wildman–Crippen LogP) is 3.73. The Morgan fingerprint density at radius 2 is 2.00 bits per heavy atom. The van der Waals surface area contributed by atoms with E-state index in [0.29, 0.717) is 0 Å². The van der Waals surface area contributed by atoms with Gasteiger partial charge in [-0.15, -0.1) is 0 Å². The zero-order valence-corrected chi connectivity index (χ0v) is 10.3. The summed E-state index contributed by atoms with van der Waals surface area (Å²) in [5, 5.41) is 0.138. The van der Waals surface area contributed by atoms with E-state index in [4.69, 9.17) is 11.6 Å². The van der Waals surface area contributed by atoms with E-state index in [1.165, 1.54) is 11.9 Å². The van der Waals surface area contributed by atoms with Gasteiger partial charge in [-0.1, -0.05) is 11.6 Å². The van der Waals surface area contributed by atoms with Crippen LogP contribution >= 0.6 is 11.6 Å². The van der Waals surface area contributed by atoms with Crippen LogP contribution < -0.4 is 4.90 Å². The van der Waals surface area contributed by atoms with Crippen molar-refractivity contribution in [2.24, 2.45) is 5.92 Å². The number of nitrogens with zero attached hydrogens (tertiary/aromatic N) is 1. The van der Waals surface area contributed by atoms with Crippen molar-refractivity contribution in [2.45, 2.75) is 19.0 Å². The molecule has 2 nitrogen and oxygen atoms in total. The fourth-order valence-corrected chi connectivity index (χ4v) is 1.91. The molecule has 18 heavy (non-hydrogen) atoms. The first-order valence-corrected chi connectivity index (χ1v) is 5.83. The highest BCUT2D eigenvalue weighted by molar-refractivity contribution is 6.33. The number of carbonyl (C=O) groups excluding carboxylic acids is 1. The lowest BCUT2D eigenvalue weighted by molar-refractivity contribution is -0.137. The summed E-state index contributed by atoms with van der Waals surface area (Å²) in [5.41, 5.74) is -0.708. The minimum absolute atomic E-state index is 0.0689. The third-order valence-corrected chi connectivity index (χ3v) is 3.21. The average molecular weight is 278 g/mol. The number of alkyl halides is 3. The smallest absolute Gasteiger partial charge is 0.314 e. The second-order valence-corrected chi connectivity index (χ2v) is 4.74. The molecule has 0 heterocycles. The van der Waals surface area contributed by atoms with Crippen LogP contribution in [0.5, 0.6) is 0 Å². The first-order chi connectivity index (χ1) is 8.30. The molecule has 1 saturated carbocycles. The van der Waals surface area contributed by atoms with Crippen molar-refractivity contribution in [2.75, 3.05) is 11.9 Å². The molecular weight excluding hydrogens is 267 g/mol. The minimum Gasteiger partial charge on any atom is -0.314 e. The van der Waals surface area contributed by atoms with Gasteiger partial charge in [0, 0.05) is 13.0 Å². The van der Waals surface area contributed by atoms with E-state index in [9.17, 15) is 18.0 Å². The first kappa shape index (κ1) is 13.2. The Bertz CT molecular complexity index is 483. The molecule has 0 aromatic heterocycles. The van der Waals surface area contributed by atoms with Crippen LogP contribution in [0.4, 0.5) is 18.9 Å². The van der Waals surface area contributed by atoms with Crippen LogP contribution in [0.3, 0.4) is 0 Å². The number of rotatable bonds is 2. The molecule has 1 aliphatic rings. The molecule has 0 N–H and O–H groups in total. The Hall–Kier alpha value is -1.23. The summed E-state index contributed by atoms with van der Waals surface area (Å²) in [5.74, 6) is -0.253. The third kappa shape index (κ3) is 2.61. The van der Waals surface area contributed by atoms with Gasteiger partial charge in [-0.05, 0) is 31.0 Å². The molecule has 1 aromatic carbocycles. The van der Waals surface area contributed by atoms with E-state index in [-0.39, 0.29) is 22.5 Å². The average Bonchev–Trinajstić information content (AvgIpc) is 3.10. The van der Waals surface area contributed by atoms with Gasteiger partial charge in [0.05, 0.1) is 16.3 Å². The number of benzene rings is 1. The second kappa shape index (κ2) is 4.46. The van der Waals surface area contributed by atoms with Gasteiger partial charge in [0.15, 0.2) is 0 Å². The van der Waals surface area contributed by atoms with Crippen LogP contribution in [0.1, 0.15) is 18.4 Å². The van der Waals surface area contributed by atoms with Crippen LogP contribution in [-0.2, 0) is 11.0 Å². The van der Waals surface area contributed by atoms with Crippen LogP contribution in [0.15, 0.2) is 18.2 Å². The number of amides is 1. The summed E-state index contributed by atoms with van der Waals surface area (Å²) < 4.78 is 37.8. The summed E-state index contributed by atoms with van der Waals surface area (Å²) >= 11 is 5.85. The van der Waals surface area contributed by atoms with E-state index >= 15 is 0 Å². The standard InChI is InChI=1S/C12H11ClF3NO/c1-17(11(18)7-2-3-7)10-6-8(12(14,15)16)4-5-9(10)13/h4-7H,2-3H2,1H3. The van der Waals surface area contributed by atoms with Crippen molar-refractivity contribution >= 4 is 23.2 Å². The van der Waals surface area contributed by atoms with Gasteiger partial charge in [-0.25, -0.2) is 0 Å². The van der Waals surface area contributed by atoms with Gasteiger partial charge in [-0.3, -0.25) is 4.79 Å². The molecule has 0 aliphatic heterocycles. The quantitative estimate of drug-likeness (QED) is 0.806. The molecule has 0 atom stereocenters. The van der Waals surface area contributed by atoms with Crippen molar-refractivity contribution in [1.29, 1.82) is 0 Å². The summed E-state index contributed by atoms with van der Waals surface area (Å²) in [4.78, 5) is 13.0. The minimum atomic E-state index is -4.44. The molecule has 1 aromatic rings. The van der Waals surface area contributed by atoms with E-state index in [0.717, 1.165) is 31.0 Å². The van der Waals surface area contributed by atoms with Gasteiger partial charge in [-0.2, -0.15) is 13.2 Å². The highest BCUT2D eigenvalue weighted by atomic mass is 35.5. The van der Waals surface area contributed by atoms with Gasteiger partial charge < -0.3 is 4.90 Å². The Morgan fingerprint density at radius 1 is 1.39 bits per heavy atom. The Balaban J connectivity index is 2.33. The molecule has 0 unspecified atom stereocenters. The second-order valence-electron chi connectivity index (χ2n) is 4.34. The first-order valence-electron chi connectivity index (χ1n) is 5.45. The molecule has 0 bridgehead atoms. The van der Waals surface area contributed by atoms with Crippen molar-refractivity contribution < 1.29 is 18.0 Å². The monoisotopic (exact) mass is 277 g/mol. The molecule has 6 heteroatoms. The van der Waals surface area contributed by atoms with E-state index < -0.39 is 11.7 Å². The van der Waals surface area contributed by atoms with Gasteiger partial charge >= 0.3 is 6.18 Å². The maximum Gasteiger partial charge on any atom is 0.416 e. The SMILES string of the molecule is CN(C(=O)C1CC1)c1cc(C(F)(F)F)ccc1Cl. The summed E-state index contributed by atoms with van der Waals surface area (Å²) in [6.45, 7) is 0. The summed E-state index contributed by atoms with van der Waals surface area (Å²) in [6, 6.07) is 2.97. The largest absolute Gasteiger partial charge is 0.416 e. The lowest BCUT2D eigenvalue weighted by atomic mass is 10.1. The Morgan fingerprint density at radius 3 is 2.50 bits per heavy atom. The number of anilines is 1. The van der Waals surface area contributed by atoms with Gasteiger partial charge in [0.1, 0.15) is 0 Å². The van der Waals surface area contributed by atoms with Crippen LogP contribution in [-0.4, -0.2) is 13.0 Å². The molecule has 1 amide bonds. The Kier molecular flexibility index (Phi) is 3.27. The number of hydrogen-bond donors (Lipinski definition) is 0. The van der Waals surface area contributed by atoms with Crippen molar-refractivity contribution in [1.82, 2.24) is 0 Å². The molecule has 1 fully saturated rings. The number of hydrogen-bond acceptors (Lipinski definition) is 1. The zero-order chi connectivity index (χ0) is 13.5. The topological polar surface area (TPSA) is 20.3 Å². The summed E-state index contributed by atoms with van der Waals surface area (Å²) in [6.07, 6.45) is -2.86.